The van der Waals surface area contributed by atoms with Crippen molar-refractivity contribution in [2.24, 2.45) is 5.73 Å². The lowest BCUT2D eigenvalue weighted by molar-refractivity contribution is -0.291. The van der Waals surface area contributed by atoms with Crippen molar-refractivity contribution in [3.05, 3.63) is 75.4 Å². The van der Waals surface area contributed by atoms with Crippen LogP contribution in [-0.4, -0.2) is 16.0 Å². The molecule has 1 aliphatic heterocycles. The van der Waals surface area contributed by atoms with Gasteiger partial charge in [0.15, 0.2) is 0 Å². The molecule has 2 N–H and O–H groups in total. The Labute approximate surface area is 170 Å². The Kier molecular flexibility index (Phi) is 4.54. The molecule has 0 bridgehead atoms. The molecule has 30 heavy (non-hydrogen) atoms. The molecule has 154 valence electrons. The second kappa shape index (κ2) is 6.84. The van der Waals surface area contributed by atoms with E-state index in [0.717, 1.165) is 16.0 Å². The van der Waals surface area contributed by atoms with Crippen LogP contribution in [0.15, 0.2) is 59.3 Å². The normalized spacial score (nSPS) is 16.7. The summed E-state index contributed by atoms with van der Waals surface area (Å²) in [5.41, 5.74) is 3.68. The van der Waals surface area contributed by atoms with E-state index in [-0.39, 0.29) is 17.1 Å². The number of nitriles is 1. The van der Waals surface area contributed by atoms with Crippen LogP contribution in [0.25, 0.3) is 5.69 Å². The fraction of sp³-hybridized carbons (Fsp3) is 0.158. The smallest absolute Gasteiger partial charge is 0.422 e. The van der Waals surface area contributed by atoms with Crippen molar-refractivity contribution in [3.63, 3.8) is 0 Å². The Morgan fingerprint density at radius 3 is 2.37 bits per heavy atom. The van der Waals surface area contributed by atoms with Gasteiger partial charge >= 0.3 is 12.1 Å². The minimum absolute atomic E-state index is 0.191. The standard InChI is InChI=1S/C19H11F5N4OS/c20-18(21,19(22,23)24)15-14-13(12-7-4-8-30-12)11(9-25)16(26)29-17(14)28(27-15)10-5-2-1-3-6-10/h1-8,13H,26H2. The van der Waals surface area contributed by atoms with E-state index in [4.69, 9.17) is 10.5 Å². The average Bonchev–Trinajstić information content (AvgIpc) is 3.35. The van der Waals surface area contributed by atoms with Gasteiger partial charge in [-0.15, -0.1) is 11.3 Å². The molecule has 0 spiro atoms. The van der Waals surface area contributed by atoms with Crippen LogP contribution in [0.3, 0.4) is 0 Å². The van der Waals surface area contributed by atoms with Gasteiger partial charge in [0, 0.05) is 4.88 Å². The Morgan fingerprint density at radius 2 is 1.80 bits per heavy atom. The van der Waals surface area contributed by atoms with Crippen molar-refractivity contribution in [2.75, 3.05) is 0 Å². The number of benzene rings is 1. The van der Waals surface area contributed by atoms with E-state index in [9.17, 15) is 27.2 Å². The third-order valence-electron chi connectivity index (χ3n) is 4.53. The molecule has 1 aliphatic rings. The monoisotopic (exact) mass is 438 g/mol. The quantitative estimate of drug-likeness (QED) is 0.596. The molecule has 1 unspecified atom stereocenters. The van der Waals surface area contributed by atoms with Crippen LogP contribution < -0.4 is 10.5 Å². The third-order valence-corrected chi connectivity index (χ3v) is 5.47. The molecule has 3 aromatic rings. The summed E-state index contributed by atoms with van der Waals surface area (Å²) in [7, 11) is 0. The van der Waals surface area contributed by atoms with E-state index in [2.05, 4.69) is 5.10 Å². The number of fused-ring (bicyclic) bond motifs is 1. The molecule has 0 amide bonds. The van der Waals surface area contributed by atoms with Gasteiger partial charge < -0.3 is 10.5 Å². The van der Waals surface area contributed by atoms with Crippen LogP contribution in [0, 0.1) is 11.3 Å². The maximum absolute atomic E-state index is 14.5. The molecule has 1 aromatic carbocycles. The number of hydrogen-bond acceptors (Lipinski definition) is 5. The van der Waals surface area contributed by atoms with Crippen LogP contribution in [0.4, 0.5) is 22.0 Å². The Bertz CT molecular complexity index is 1160. The van der Waals surface area contributed by atoms with Gasteiger partial charge in [0.1, 0.15) is 17.3 Å². The number of rotatable bonds is 3. The van der Waals surface area contributed by atoms with E-state index in [1.54, 1.807) is 35.7 Å². The van der Waals surface area contributed by atoms with Crippen LogP contribution >= 0.6 is 11.3 Å². The highest BCUT2D eigenvalue weighted by molar-refractivity contribution is 7.10. The lowest BCUT2D eigenvalue weighted by Gasteiger charge is -2.26. The second-order valence-electron chi connectivity index (χ2n) is 6.33. The first-order valence-electron chi connectivity index (χ1n) is 8.41. The SMILES string of the molecule is N#CC1=C(N)Oc2c(c(C(F)(F)C(F)(F)F)nn2-c2ccccc2)C1c1cccs1. The van der Waals surface area contributed by atoms with Crippen molar-refractivity contribution in [2.45, 2.75) is 18.0 Å². The summed E-state index contributed by atoms with van der Waals surface area (Å²) in [6.45, 7) is 0. The van der Waals surface area contributed by atoms with Gasteiger partial charge in [-0.3, -0.25) is 0 Å². The molecule has 0 saturated heterocycles. The first-order valence-corrected chi connectivity index (χ1v) is 9.29. The number of hydrogen-bond donors (Lipinski definition) is 1. The minimum atomic E-state index is -5.91. The zero-order valence-electron chi connectivity index (χ0n) is 14.8. The molecule has 3 heterocycles. The number of nitrogens with zero attached hydrogens (tertiary/aromatic N) is 3. The molecule has 2 aromatic heterocycles. The Balaban J connectivity index is 2.08. The lowest BCUT2D eigenvalue weighted by atomic mass is 9.87. The zero-order valence-corrected chi connectivity index (χ0v) is 15.6. The highest BCUT2D eigenvalue weighted by Gasteiger charge is 2.63. The van der Waals surface area contributed by atoms with Gasteiger partial charge in [-0.25, -0.2) is 0 Å². The third kappa shape index (κ3) is 2.91. The van der Waals surface area contributed by atoms with Gasteiger partial charge in [0.2, 0.25) is 11.8 Å². The number of thiophene rings is 1. The van der Waals surface area contributed by atoms with Crippen LogP contribution in [-0.2, 0) is 5.92 Å². The summed E-state index contributed by atoms with van der Waals surface area (Å²) >= 11 is 1.09. The lowest BCUT2D eigenvalue weighted by Crippen LogP contribution is -2.36. The first kappa shape index (κ1) is 19.9. The van der Waals surface area contributed by atoms with E-state index in [1.165, 1.54) is 18.2 Å². The van der Waals surface area contributed by atoms with Gasteiger partial charge in [0.25, 0.3) is 0 Å². The fourth-order valence-corrected chi connectivity index (χ4v) is 4.03. The number of nitrogens with two attached hydrogens (primary N) is 1. The number of allylic oxidation sites excluding steroid dienone is 1. The van der Waals surface area contributed by atoms with E-state index in [0.29, 0.717) is 4.88 Å². The summed E-state index contributed by atoms with van der Waals surface area (Å²) in [6.07, 6.45) is -5.91. The average molecular weight is 438 g/mol. The van der Waals surface area contributed by atoms with Crippen molar-refractivity contribution >= 4 is 11.3 Å². The molecule has 0 fully saturated rings. The number of aromatic nitrogens is 2. The van der Waals surface area contributed by atoms with Crippen LogP contribution in [0.5, 0.6) is 5.88 Å². The Morgan fingerprint density at radius 1 is 1.10 bits per heavy atom. The molecule has 0 radical (unpaired) electrons. The predicted molar refractivity (Wildman–Crippen MR) is 97.1 cm³/mol. The molecular weight excluding hydrogens is 427 g/mol. The largest absolute Gasteiger partial charge is 0.459 e. The topological polar surface area (TPSA) is 76.9 Å². The van der Waals surface area contributed by atoms with Gasteiger partial charge in [-0.2, -0.15) is 37.0 Å². The van der Waals surface area contributed by atoms with Crippen LogP contribution in [0.1, 0.15) is 22.1 Å². The minimum Gasteiger partial charge on any atom is -0.422 e. The van der Waals surface area contributed by atoms with E-state index in [1.807, 2.05) is 0 Å². The molecular formula is C19H11F5N4OS. The number of halogens is 5. The molecule has 4 rings (SSSR count). The van der Waals surface area contributed by atoms with E-state index >= 15 is 0 Å². The second-order valence-corrected chi connectivity index (χ2v) is 7.31. The van der Waals surface area contributed by atoms with Gasteiger partial charge in [0.05, 0.1) is 17.2 Å². The predicted octanol–water partition coefficient (Wildman–Crippen LogP) is 4.81. The fourth-order valence-electron chi connectivity index (χ4n) is 3.19. The number of para-hydroxylation sites is 1. The summed E-state index contributed by atoms with van der Waals surface area (Å²) in [5.74, 6) is -7.35. The van der Waals surface area contributed by atoms with Gasteiger partial charge in [-0.05, 0) is 23.6 Å². The first-order chi connectivity index (χ1) is 14.2. The highest BCUT2D eigenvalue weighted by Crippen LogP contribution is 2.53. The summed E-state index contributed by atoms with van der Waals surface area (Å²) in [4.78, 5) is 0.353. The summed E-state index contributed by atoms with van der Waals surface area (Å²) in [5, 5.41) is 14.7. The van der Waals surface area contributed by atoms with Crippen molar-refractivity contribution < 1.29 is 26.7 Å². The molecule has 1 atom stereocenters. The van der Waals surface area contributed by atoms with E-state index < -0.39 is 35.2 Å². The number of ether oxygens (including phenoxy) is 1. The van der Waals surface area contributed by atoms with Crippen molar-refractivity contribution in [3.8, 4) is 17.6 Å². The highest BCUT2D eigenvalue weighted by atomic mass is 32.1. The van der Waals surface area contributed by atoms with Crippen molar-refractivity contribution in [1.82, 2.24) is 9.78 Å². The zero-order chi connectivity index (χ0) is 21.7. The molecule has 0 aliphatic carbocycles. The number of alkyl halides is 5. The summed E-state index contributed by atoms with van der Waals surface area (Å²) in [6, 6.07) is 12.6. The van der Waals surface area contributed by atoms with Crippen molar-refractivity contribution in [1.29, 1.82) is 5.26 Å². The molecule has 0 saturated carbocycles. The van der Waals surface area contributed by atoms with Gasteiger partial charge in [-0.1, -0.05) is 24.3 Å². The maximum Gasteiger partial charge on any atom is 0.459 e. The molecule has 5 nitrogen and oxygen atoms in total. The summed E-state index contributed by atoms with van der Waals surface area (Å²) < 4.78 is 75.2. The van der Waals surface area contributed by atoms with Crippen LogP contribution in [0.2, 0.25) is 0 Å². The molecule has 11 heteroatoms. The maximum atomic E-state index is 14.5. The Hall–Kier alpha value is -3.39.